The van der Waals surface area contributed by atoms with Crippen LogP contribution in [0.2, 0.25) is 0 Å². The zero-order valence-electron chi connectivity index (χ0n) is 11.7. The van der Waals surface area contributed by atoms with E-state index in [-0.39, 0.29) is 11.6 Å². The van der Waals surface area contributed by atoms with Crippen molar-refractivity contribution in [3.63, 3.8) is 0 Å². The number of rotatable bonds is 4. The third kappa shape index (κ3) is 3.45. The number of methoxy groups -OCH3 is 1. The second-order valence-electron chi connectivity index (χ2n) is 5.30. The summed E-state index contributed by atoms with van der Waals surface area (Å²) >= 11 is 0. The fourth-order valence-corrected chi connectivity index (χ4v) is 2.66. The van der Waals surface area contributed by atoms with Crippen molar-refractivity contribution in [1.29, 1.82) is 0 Å². The van der Waals surface area contributed by atoms with Crippen LogP contribution in [0.1, 0.15) is 25.3 Å². The maximum atomic E-state index is 13.6. The van der Waals surface area contributed by atoms with Crippen LogP contribution in [0.3, 0.4) is 0 Å². The Kier molecular flexibility index (Phi) is 4.42. The quantitative estimate of drug-likeness (QED) is 0.908. The first kappa shape index (κ1) is 14.3. The zero-order valence-corrected chi connectivity index (χ0v) is 11.7. The second-order valence-corrected chi connectivity index (χ2v) is 5.30. The van der Waals surface area contributed by atoms with Gasteiger partial charge in [0, 0.05) is 19.5 Å². The molecule has 0 atom stereocenters. The molecule has 4 heteroatoms. The summed E-state index contributed by atoms with van der Waals surface area (Å²) in [5, 5.41) is 10.6. The molecule has 106 valence electrons. The highest BCUT2D eigenvalue weighted by Crippen LogP contribution is 2.28. The van der Waals surface area contributed by atoms with Gasteiger partial charge in [0.1, 0.15) is 0 Å². The molecule has 1 fully saturated rings. The normalized spacial score (nSPS) is 19.4. The molecule has 0 saturated carbocycles. The average Bonchev–Trinajstić information content (AvgIpc) is 2.39. The number of ether oxygens (including phenoxy) is 1. The van der Waals surface area contributed by atoms with Crippen molar-refractivity contribution in [2.75, 3.05) is 26.7 Å². The van der Waals surface area contributed by atoms with Crippen molar-refractivity contribution in [1.82, 2.24) is 4.90 Å². The first-order valence-electron chi connectivity index (χ1n) is 6.83. The van der Waals surface area contributed by atoms with Crippen LogP contribution in [0.4, 0.5) is 4.39 Å². The molecule has 0 aliphatic carbocycles. The Morgan fingerprint density at radius 1 is 1.37 bits per heavy atom. The molecule has 1 heterocycles. The van der Waals surface area contributed by atoms with Crippen molar-refractivity contribution in [3.8, 4) is 5.75 Å². The van der Waals surface area contributed by atoms with Gasteiger partial charge in [-0.1, -0.05) is 13.0 Å². The molecule has 0 spiro atoms. The number of nitrogens with zero attached hydrogens (tertiary/aromatic N) is 1. The fraction of sp³-hybridized carbons (Fsp3) is 0.600. The number of likely N-dealkylation sites (tertiary alicyclic amines) is 1. The van der Waals surface area contributed by atoms with Crippen molar-refractivity contribution < 1.29 is 14.2 Å². The summed E-state index contributed by atoms with van der Waals surface area (Å²) in [4.78, 5) is 2.32. The van der Waals surface area contributed by atoms with Crippen LogP contribution in [-0.4, -0.2) is 42.4 Å². The summed E-state index contributed by atoms with van der Waals surface area (Å²) in [7, 11) is 1.45. The number of benzene rings is 1. The van der Waals surface area contributed by atoms with Gasteiger partial charge in [0.2, 0.25) is 0 Å². The molecule has 1 aliphatic heterocycles. The molecule has 1 saturated heterocycles. The fourth-order valence-electron chi connectivity index (χ4n) is 2.66. The van der Waals surface area contributed by atoms with E-state index in [4.69, 9.17) is 4.74 Å². The molecule has 0 bridgehead atoms. The molecular weight excluding hydrogens is 245 g/mol. The van der Waals surface area contributed by atoms with Gasteiger partial charge in [0.05, 0.1) is 12.7 Å². The van der Waals surface area contributed by atoms with Crippen LogP contribution in [0.5, 0.6) is 5.75 Å². The first-order valence-corrected chi connectivity index (χ1v) is 6.83. The van der Waals surface area contributed by atoms with Gasteiger partial charge in [0.25, 0.3) is 0 Å². The topological polar surface area (TPSA) is 32.7 Å². The molecule has 1 N–H and O–H groups in total. The molecule has 2 rings (SSSR count). The van der Waals surface area contributed by atoms with Gasteiger partial charge in [-0.05, 0) is 37.1 Å². The largest absolute Gasteiger partial charge is 0.494 e. The second kappa shape index (κ2) is 5.88. The van der Waals surface area contributed by atoms with Crippen molar-refractivity contribution in [2.24, 2.45) is 0 Å². The van der Waals surface area contributed by atoms with Gasteiger partial charge < -0.3 is 14.7 Å². The molecule has 3 nitrogen and oxygen atoms in total. The highest BCUT2D eigenvalue weighted by Gasteiger charge is 2.32. The third-order valence-corrected chi connectivity index (χ3v) is 3.98. The van der Waals surface area contributed by atoms with E-state index >= 15 is 0 Å². The monoisotopic (exact) mass is 267 g/mol. The Bertz CT molecular complexity index is 428. The number of halogens is 1. The maximum Gasteiger partial charge on any atom is 0.165 e. The third-order valence-electron chi connectivity index (χ3n) is 3.98. The van der Waals surface area contributed by atoms with Crippen LogP contribution < -0.4 is 4.74 Å². The standard InChI is InChI=1S/C15H22FNO2/c1-3-17-8-6-15(18,7-9-17)11-12-4-5-14(19-2)13(16)10-12/h4-5,10,18H,3,6-9,11H2,1-2H3. The van der Waals surface area contributed by atoms with E-state index in [1.54, 1.807) is 6.07 Å². The van der Waals surface area contributed by atoms with E-state index in [9.17, 15) is 9.50 Å². The van der Waals surface area contributed by atoms with Crippen LogP contribution >= 0.6 is 0 Å². The molecule has 1 aliphatic rings. The summed E-state index contributed by atoms with van der Waals surface area (Å²) in [5.41, 5.74) is 0.123. The molecular formula is C15H22FNO2. The Hall–Kier alpha value is -1.13. The lowest BCUT2D eigenvalue weighted by molar-refractivity contribution is -0.0194. The van der Waals surface area contributed by atoms with Crippen molar-refractivity contribution >= 4 is 0 Å². The molecule has 0 unspecified atom stereocenters. The van der Waals surface area contributed by atoms with Gasteiger partial charge in [-0.25, -0.2) is 4.39 Å². The lowest BCUT2D eigenvalue weighted by Crippen LogP contribution is -2.45. The van der Waals surface area contributed by atoms with E-state index in [1.165, 1.54) is 13.2 Å². The predicted octanol–water partition coefficient (Wildman–Crippen LogP) is 2.22. The van der Waals surface area contributed by atoms with E-state index in [0.29, 0.717) is 6.42 Å². The molecule has 0 radical (unpaired) electrons. The molecule has 19 heavy (non-hydrogen) atoms. The SMILES string of the molecule is CCN1CCC(O)(Cc2ccc(OC)c(F)c2)CC1. The summed E-state index contributed by atoms with van der Waals surface area (Å²) in [6, 6.07) is 4.91. The van der Waals surface area contributed by atoms with E-state index in [1.807, 2.05) is 6.07 Å². The van der Waals surface area contributed by atoms with E-state index in [2.05, 4.69) is 11.8 Å². The lowest BCUT2D eigenvalue weighted by atomic mass is 9.85. The van der Waals surface area contributed by atoms with Crippen LogP contribution in [0.15, 0.2) is 18.2 Å². The first-order chi connectivity index (χ1) is 9.06. The Labute approximate surface area is 114 Å². The van der Waals surface area contributed by atoms with Crippen LogP contribution in [0, 0.1) is 5.82 Å². The molecule has 0 amide bonds. The van der Waals surface area contributed by atoms with Gasteiger partial charge in [-0.2, -0.15) is 0 Å². The predicted molar refractivity (Wildman–Crippen MR) is 73.0 cm³/mol. The Morgan fingerprint density at radius 3 is 2.58 bits per heavy atom. The summed E-state index contributed by atoms with van der Waals surface area (Å²) < 4.78 is 18.5. The highest BCUT2D eigenvalue weighted by atomic mass is 19.1. The minimum atomic E-state index is -0.702. The lowest BCUT2D eigenvalue weighted by Gasteiger charge is -2.38. The molecule has 1 aromatic carbocycles. The van der Waals surface area contributed by atoms with Gasteiger partial charge in [0.15, 0.2) is 11.6 Å². The molecule has 1 aromatic rings. The Morgan fingerprint density at radius 2 is 2.05 bits per heavy atom. The highest BCUT2D eigenvalue weighted by molar-refractivity contribution is 5.30. The summed E-state index contributed by atoms with van der Waals surface area (Å²) in [5.74, 6) is -0.119. The average molecular weight is 267 g/mol. The number of hydrogen-bond donors (Lipinski definition) is 1. The smallest absolute Gasteiger partial charge is 0.165 e. The van der Waals surface area contributed by atoms with Gasteiger partial charge in [-0.3, -0.25) is 0 Å². The Balaban J connectivity index is 2.02. The summed E-state index contributed by atoms with van der Waals surface area (Å²) in [6.07, 6.45) is 1.99. The number of hydrogen-bond acceptors (Lipinski definition) is 3. The summed E-state index contributed by atoms with van der Waals surface area (Å²) in [6.45, 7) is 4.97. The van der Waals surface area contributed by atoms with Crippen molar-refractivity contribution in [3.05, 3.63) is 29.6 Å². The van der Waals surface area contributed by atoms with Crippen LogP contribution in [0.25, 0.3) is 0 Å². The number of aliphatic hydroxyl groups is 1. The minimum absolute atomic E-state index is 0.247. The molecule has 0 aromatic heterocycles. The zero-order chi connectivity index (χ0) is 13.9. The van der Waals surface area contributed by atoms with E-state index in [0.717, 1.165) is 38.0 Å². The van der Waals surface area contributed by atoms with Gasteiger partial charge >= 0.3 is 0 Å². The van der Waals surface area contributed by atoms with E-state index < -0.39 is 5.60 Å². The maximum absolute atomic E-state index is 13.6. The number of piperidine rings is 1. The van der Waals surface area contributed by atoms with Crippen molar-refractivity contribution in [2.45, 2.75) is 31.8 Å². The van der Waals surface area contributed by atoms with Gasteiger partial charge in [-0.15, -0.1) is 0 Å². The van der Waals surface area contributed by atoms with Crippen LogP contribution in [-0.2, 0) is 6.42 Å². The minimum Gasteiger partial charge on any atom is -0.494 e.